The molecule has 1 rings (SSSR count). The number of ether oxygens (including phenoxy) is 1. The number of hydrogen-bond acceptors (Lipinski definition) is 3. The Hall–Kier alpha value is -2.11. The maximum Gasteiger partial charge on any atom is 0.303 e. The van der Waals surface area contributed by atoms with Crippen molar-refractivity contribution in [2.24, 2.45) is 0 Å². The van der Waals surface area contributed by atoms with Crippen LogP contribution in [-0.4, -0.2) is 30.6 Å². The molecule has 0 unspecified atom stereocenters. The molecule has 0 aliphatic carbocycles. The van der Waals surface area contributed by atoms with Gasteiger partial charge in [-0.25, -0.2) is 4.39 Å². The van der Waals surface area contributed by atoms with Gasteiger partial charge in [0.2, 0.25) is 5.91 Å². The van der Waals surface area contributed by atoms with Gasteiger partial charge in [0.25, 0.3) is 0 Å². The summed E-state index contributed by atoms with van der Waals surface area (Å²) in [6, 6.07) is 4.87. The van der Waals surface area contributed by atoms with Gasteiger partial charge in [0.1, 0.15) is 0 Å². The van der Waals surface area contributed by atoms with Gasteiger partial charge < -0.3 is 15.2 Å². The van der Waals surface area contributed by atoms with E-state index in [4.69, 9.17) is 9.84 Å². The van der Waals surface area contributed by atoms with E-state index in [9.17, 15) is 14.0 Å². The molecule has 6 heteroatoms. The van der Waals surface area contributed by atoms with Crippen LogP contribution in [0.5, 0.6) is 5.75 Å². The van der Waals surface area contributed by atoms with E-state index in [0.717, 1.165) is 12.8 Å². The van der Waals surface area contributed by atoms with Crippen molar-refractivity contribution in [3.63, 3.8) is 0 Å². The summed E-state index contributed by atoms with van der Waals surface area (Å²) in [6.45, 7) is 0.513. The van der Waals surface area contributed by atoms with E-state index < -0.39 is 11.8 Å². The molecule has 0 aliphatic heterocycles. The van der Waals surface area contributed by atoms with Crippen molar-refractivity contribution in [2.45, 2.75) is 38.5 Å². The Labute approximate surface area is 129 Å². The Balaban J connectivity index is 2.22. The molecule has 5 nitrogen and oxygen atoms in total. The monoisotopic (exact) mass is 311 g/mol. The molecule has 0 aliphatic rings. The lowest BCUT2D eigenvalue weighted by Gasteiger charge is -2.08. The third-order valence-corrected chi connectivity index (χ3v) is 3.27. The lowest BCUT2D eigenvalue weighted by atomic mass is 10.1. The number of carbonyl (C=O) groups excluding carboxylic acids is 1. The van der Waals surface area contributed by atoms with E-state index in [1.165, 1.54) is 13.2 Å². The third kappa shape index (κ3) is 6.56. The Morgan fingerprint density at radius 2 is 2.00 bits per heavy atom. The van der Waals surface area contributed by atoms with Crippen LogP contribution in [0, 0.1) is 5.82 Å². The zero-order chi connectivity index (χ0) is 16.4. The zero-order valence-electron chi connectivity index (χ0n) is 12.7. The Bertz CT molecular complexity index is 505. The number of unbranched alkanes of at least 4 members (excludes halogenated alkanes) is 2. The molecule has 0 saturated carbocycles. The smallest absolute Gasteiger partial charge is 0.303 e. The number of carboxylic acids is 1. The van der Waals surface area contributed by atoms with Gasteiger partial charge in [-0.2, -0.15) is 0 Å². The minimum atomic E-state index is -0.802. The summed E-state index contributed by atoms with van der Waals surface area (Å²) in [4.78, 5) is 22.0. The first-order chi connectivity index (χ1) is 10.5. The van der Waals surface area contributed by atoms with Crippen LogP contribution in [-0.2, 0) is 16.0 Å². The van der Waals surface area contributed by atoms with E-state index >= 15 is 0 Å². The second kappa shape index (κ2) is 9.76. The standard InChI is InChI=1S/C16H22FNO4/c1-22-13-7-5-6-12(16(13)17)9-10-14(19)18-11-4-2-3-8-15(20)21/h5-7H,2-4,8-11H2,1H3,(H,18,19)(H,20,21). The van der Waals surface area contributed by atoms with Crippen LogP contribution in [0.2, 0.25) is 0 Å². The fourth-order valence-electron chi connectivity index (χ4n) is 2.05. The average molecular weight is 311 g/mol. The summed E-state index contributed by atoms with van der Waals surface area (Å²) in [7, 11) is 1.40. The van der Waals surface area contributed by atoms with Crippen LogP contribution in [0.25, 0.3) is 0 Å². The van der Waals surface area contributed by atoms with Crippen LogP contribution in [0.15, 0.2) is 18.2 Å². The number of amides is 1. The fraction of sp³-hybridized carbons (Fsp3) is 0.500. The second-order valence-corrected chi connectivity index (χ2v) is 4.99. The van der Waals surface area contributed by atoms with Crippen molar-refractivity contribution in [3.8, 4) is 5.75 Å². The van der Waals surface area contributed by atoms with Crippen molar-refractivity contribution in [1.82, 2.24) is 5.32 Å². The number of rotatable bonds is 10. The minimum Gasteiger partial charge on any atom is -0.494 e. The molecule has 0 saturated heterocycles. The first-order valence-electron chi connectivity index (χ1n) is 7.34. The van der Waals surface area contributed by atoms with Gasteiger partial charge >= 0.3 is 5.97 Å². The number of nitrogens with one attached hydrogen (secondary N) is 1. The maximum atomic E-state index is 13.9. The normalized spacial score (nSPS) is 10.3. The number of methoxy groups -OCH3 is 1. The summed E-state index contributed by atoms with van der Waals surface area (Å²) in [6.07, 6.45) is 2.79. The fourth-order valence-corrected chi connectivity index (χ4v) is 2.05. The van der Waals surface area contributed by atoms with Crippen molar-refractivity contribution >= 4 is 11.9 Å². The molecule has 0 bridgehead atoms. The molecule has 122 valence electrons. The van der Waals surface area contributed by atoms with Crippen molar-refractivity contribution in [2.75, 3.05) is 13.7 Å². The highest BCUT2D eigenvalue weighted by Crippen LogP contribution is 2.20. The number of aliphatic carboxylic acids is 1. The van der Waals surface area contributed by atoms with Gasteiger partial charge in [-0.05, 0) is 30.9 Å². The summed E-state index contributed by atoms with van der Waals surface area (Å²) in [5, 5.41) is 11.2. The highest BCUT2D eigenvalue weighted by molar-refractivity contribution is 5.76. The minimum absolute atomic E-state index is 0.138. The van der Waals surface area contributed by atoms with Gasteiger partial charge in [-0.15, -0.1) is 0 Å². The molecule has 0 fully saturated rings. The Morgan fingerprint density at radius 1 is 1.23 bits per heavy atom. The molecule has 1 aromatic rings. The summed E-state index contributed by atoms with van der Waals surface area (Å²) < 4.78 is 18.8. The van der Waals surface area contributed by atoms with Gasteiger partial charge in [-0.1, -0.05) is 18.6 Å². The van der Waals surface area contributed by atoms with Gasteiger partial charge in [-0.3, -0.25) is 9.59 Å². The molecular weight excluding hydrogens is 289 g/mol. The molecule has 0 atom stereocenters. The molecule has 1 aromatic carbocycles. The Kier molecular flexibility index (Phi) is 7.96. The number of benzene rings is 1. The molecule has 0 heterocycles. The SMILES string of the molecule is COc1cccc(CCC(=O)NCCCCCC(=O)O)c1F. The zero-order valence-corrected chi connectivity index (χ0v) is 12.7. The lowest BCUT2D eigenvalue weighted by molar-refractivity contribution is -0.137. The van der Waals surface area contributed by atoms with Crippen molar-refractivity contribution < 1.29 is 23.8 Å². The molecular formula is C16H22FNO4. The number of carbonyl (C=O) groups is 2. The molecule has 0 aromatic heterocycles. The predicted molar refractivity (Wildman–Crippen MR) is 80.4 cm³/mol. The quantitative estimate of drug-likeness (QED) is 0.651. The summed E-state index contributed by atoms with van der Waals surface area (Å²) in [5.41, 5.74) is 0.455. The van der Waals surface area contributed by atoms with E-state index in [2.05, 4.69) is 5.32 Å². The summed E-state index contributed by atoms with van der Waals surface area (Å²) >= 11 is 0. The highest BCUT2D eigenvalue weighted by Gasteiger charge is 2.10. The Morgan fingerprint density at radius 3 is 2.68 bits per heavy atom. The van der Waals surface area contributed by atoms with Crippen LogP contribution in [0.1, 0.15) is 37.7 Å². The summed E-state index contributed by atoms with van der Waals surface area (Å²) in [5.74, 6) is -1.19. The number of carboxylic acid groups (broad SMARTS) is 1. The number of aryl methyl sites for hydroxylation is 1. The van der Waals surface area contributed by atoms with E-state index in [0.29, 0.717) is 24.9 Å². The van der Waals surface area contributed by atoms with Crippen LogP contribution in [0.4, 0.5) is 4.39 Å². The van der Waals surface area contributed by atoms with Crippen molar-refractivity contribution in [3.05, 3.63) is 29.6 Å². The largest absolute Gasteiger partial charge is 0.494 e. The van der Waals surface area contributed by atoms with Crippen LogP contribution < -0.4 is 10.1 Å². The van der Waals surface area contributed by atoms with E-state index in [1.54, 1.807) is 12.1 Å². The maximum absolute atomic E-state index is 13.9. The molecule has 0 spiro atoms. The number of halogens is 1. The molecule has 2 N–H and O–H groups in total. The van der Waals surface area contributed by atoms with E-state index in [1.807, 2.05) is 0 Å². The second-order valence-electron chi connectivity index (χ2n) is 4.99. The topological polar surface area (TPSA) is 75.6 Å². The van der Waals surface area contributed by atoms with Crippen molar-refractivity contribution in [1.29, 1.82) is 0 Å². The highest BCUT2D eigenvalue weighted by atomic mass is 19.1. The predicted octanol–water partition coefficient (Wildman–Crippen LogP) is 2.53. The average Bonchev–Trinajstić information content (AvgIpc) is 2.49. The first kappa shape index (κ1) is 17.9. The van der Waals surface area contributed by atoms with Crippen LogP contribution in [0.3, 0.4) is 0 Å². The van der Waals surface area contributed by atoms with Gasteiger partial charge in [0.05, 0.1) is 7.11 Å². The molecule has 0 radical (unpaired) electrons. The third-order valence-electron chi connectivity index (χ3n) is 3.27. The molecule has 22 heavy (non-hydrogen) atoms. The number of hydrogen-bond donors (Lipinski definition) is 2. The molecule has 1 amide bonds. The van der Waals surface area contributed by atoms with Gasteiger partial charge in [0, 0.05) is 19.4 Å². The first-order valence-corrected chi connectivity index (χ1v) is 7.34. The van der Waals surface area contributed by atoms with Gasteiger partial charge in [0.15, 0.2) is 11.6 Å². The lowest BCUT2D eigenvalue weighted by Crippen LogP contribution is -2.24. The van der Waals surface area contributed by atoms with E-state index in [-0.39, 0.29) is 24.5 Å². The van der Waals surface area contributed by atoms with Crippen LogP contribution >= 0.6 is 0 Å².